The summed E-state index contributed by atoms with van der Waals surface area (Å²) in [4.78, 5) is 12.0. The lowest BCUT2D eigenvalue weighted by atomic mass is 10.2. The molecule has 1 amide bonds. The van der Waals surface area contributed by atoms with E-state index in [1.807, 2.05) is 42.5 Å². The van der Waals surface area contributed by atoms with Crippen LogP contribution in [0.3, 0.4) is 0 Å². The number of para-hydroxylation sites is 1. The minimum absolute atomic E-state index is 0.0261. The summed E-state index contributed by atoms with van der Waals surface area (Å²) in [6.07, 6.45) is 1.71. The van der Waals surface area contributed by atoms with E-state index in [-0.39, 0.29) is 12.5 Å². The van der Waals surface area contributed by atoms with Crippen LogP contribution < -0.4 is 10.1 Å². The van der Waals surface area contributed by atoms with Crippen molar-refractivity contribution in [1.82, 2.24) is 10.2 Å². The van der Waals surface area contributed by atoms with Crippen LogP contribution in [0.1, 0.15) is 5.56 Å². The molecule has 0 spiro atoms. The molecule has 0 fully saturated rings. The number of hydrogen-bond donors (Lipinski definition) is 2. The van der Waals surface area contributed by atoms with Crippen LogP contribution in [-0.4, -0.2) is 29.8 Å². The maximum absolute atomic E-state index is 12.0. The van der Waals surface area contributed by atoms with E-state index in [9.17, 15) is 4.79 Å². The number of carbonyl (C=O) groups is 1. The van der Waals surface area contributed by atoms with Gasteiger partial charge in [0.2, 0.25) is 5.91 Å². The number of benzene rings is 2. The van der Waals surface area contributed by atoms with Crippen molar-refractivity contribution >= 4 is 22.5 Å². The van der Waals surface area contributed by atoms with Crippen LogP contribution in [0.15, 0.2) is 48.7 Å². The standard InChI is InChI=1S/C17H17N3O3/c1-22-14-6-2-4-12(8-14)10-23-11-16(21)19-15-7-3-5-13-9-18-20-17(13)15/h2-9H,10-11H2,1H3,(H,18,20)(H,19,21). The van der Waals surface area contributed by atoms with E-state index in [1.165, 1.54) is 0 Å². The zero-order valence-electron chi connectivity index (χ0n) is 12.7. The first-order valence-electron chi connectivity index (χ1n) is 7.19. The molecule has 0 saturated heterocycles. The summed E-state index contributed by atoms with van der Waals surface area (Å²) in [5.41, 5.74) is 2.44. The van der Waals surface area contributed by atoms with Crippen LogP contribution in [0.2, 0.25) is 0 Å². The van der Waals surface area contributed by atoms with Gasteiger partial charge in [-0.05, 0) is 23.8 Å². The summed E-state index contributed by atoms with van der Waals surface area (Å²) in [7, 11) is 1.61. The lowest BCUT2D eigenvalue weighted by Gasteiger charge is -2.08. The lowest BCUT2D eigenvalue weighted by molar-refractivity contribution is -0.121. The monoisotopic (exact) mass is 311 g/mol. The van der Waals surface area contributed by atoms with Crippen molar-refractivity contribution in [2.45, 2.75) is 6.61 Å². The average molecular weight is 311 g/mol. The number of amides is 1. The third-order valence-electron chi connectivity index (χ3n) is 3.39. The highest BCUT2D eigenvalue weighted by atomic mass is 16.5. The van der Waals surface area contributed by atoms with Crippen molar-refractivity contribution in [3.05, 3.63) is 54.2 Å². The Kier molecular flexibility index (Phi) is 4.54. The Bertz CT molecular complexity index is 813. The molecular weight excluding hydrogens is 294 g/mol. The predicted molar refractivity (Wildman–Crippen MR) is 87.4 cm³/mol. The Morgan fingerprint density at radius 2 is 2.13 bits per heavy atom. The van der Waals surface area contributed by atoms with Crippen LogP contribution in [0.25, 0.3) is 10.9 Å². The highest BCUT2D eigenvalue weighted by Gasteiger charge is 2.07. The van der Waals surface area contributed by atoms with Gasteiger partial charge in [-0.1, -0.05) is 24.3 Å². The number of rotatable bonds is 6. The summed E-state index contributed by atoms with van der Waals surface area (Å²) < 4.78 is 10.6. The van der Waals surface area contributed by atoms with Gasteiger partial charge in [0.05, 0.1) is 31.1 Å². The molecule has 1 aromatic heterocycles. The zero-order valence-corrected chi connectivity index (χ0v) is 12.7. The second-order valence-corrected chi connectivity index (χ2v) is 5.03. The number of nitrogens with zero attached hydrogens (tertiary/aromatic N) is 1. The van der Waals surface area contributed by atoms with Crippen molar-refractivity contribution in [3.8, 4) is 5.75 Å². The molecule has 6 nitrogen and oxygen atoms in total. The second-order valence-electron chi connectivity index (χ2n) is 5.03. The van der Waals surface area contributed by atoms with E-state index in [0.29, 0.717) is 12.3 Å². The maximum Gasteiger partial charge on any atom is 0.250 e. The molecule has 118 valence electrons. The van der Waals surface area contributed by atoms with Crippen LogP contribution in [0, 0.1) is 0 Å². The first-order valence-corrected chi connectivity index (χ1v) is 7.19. The normalized spacial score (nSPS) is 10.7. The molecule has 0 unspecified atom stereocenters. The minimum Gasteiger partial charge on any atom is -0.497 e. The Hall–Kier alpha value is -2.86. The van der Waals surface area contributed by atoms with Crippen molar-refractivity contribution in [3.63, 3.8) is 0 Å². The van der Waals surface area contributed by atoms with Gasteiger partial charge in [0.15, 0.2) is 0 Å². The van der Waals surface area contributed by atoms with Crippen LogP contribution in [-0.2, 0) is 16.1 Å². The summed E-state index contributed by atoms with van der Waals surface area (Å²) in [5, 5.41) is 10.6. The topological polar surface area (TPSA) is 76.2 Å². The van der Waals surface area contributed by atoms with E-state index in [4.69, 9.17) is 9.47 Å². The van der Waals surface area contributed by atoms with E-state index >= 15 is 0 Å². The van der Waals surface area contributed by atoms with E-state index in [0.717, 1.165) is 22.2 Å². The number of fused-ring (bicyclic) bond motifs is 1. The molecule has 0 radical (unpaired) electrons. The number of anilines is 1. The smallest absolute Gasteiger partial charge is 0.250 e. The minimum atomic E-state index is -0.213. The highest BCUT2D eigenvalue weighted by Crippen LogP contribution is 2.20. The average Bonchev–Trinajstić information content (AvgIpc) is 3.05. The summed E-state index contributed by atoms with van der Waals surface area (Å²) >= 11 is 0. The third kappa shape index (κ3) is 3.67. The van der Waals surface area contributed by atoms with Crippen molar-refractivity contribution in [1.29, 1.82) is 0 Å². The van der Waals surface area contributed by atoms with Gasteiger partial charge in [-0.3, -0.25) is 9.89 Å². The van der Waals surface area contributed by atoms with Crippen molar-refractivity contribution < 1.29 is 14.3 Å². The number of hydrogen-bond acceptors (Lipinski definition) is 4. The number of aromatic nitrogens is 2. The number of ether oxygens (including phenoxy) is 2. The van der Waals surface area contributed by atoms with Gasteiger partial charge in [0, 0.05) is 5.39 Å². The zero-order chi connectivity index (χ0) is 16.1. The number of carbonyl (C=O) groups excluding carboxylic acids is 1. The first kappa shape index (κ1) is 15.1. The van der Waals surface area contributed by atoms with Gasteiger partial charge in [-0.15, -0.1) is 0 Å². The van der Waals surface area contributed by atoms with Gasteiger partial charge < -0.3 is 14.8 Å². The first-order chi connectivity index (χ1) is 11.3. The number of nitrogens with one attached hydrogen (secondary N) is 2. The fourth-order valence-corrected chi connectivity index (χ4v) is 2.28. The Morgan fingerprint density at radius 1 is 1.26 bits per heavy atom. The Morgan fingerprint density at radius 3 is 3.00 bits per heavy atom. The quantitative estimate of drug-likeness (QED) is 0.734. The fourth-order valence-electron chi connectivity index (χ4n) is 2.28. The van der Waals surface area contributed by atoms with Gasteiger partial charge in [0.1, 0.15) is 12.4 Å². The van der Waals surface area contributed by atoms with Crippen molar-refractivity contribution in [2.24, 2.45) is 0 Å². The van der Waals surface area contributed by atoms with Gasteiger partial charge in [-0.2, -0.15) is 5.10 Å². The fraction of sp³-hybridized carbons (Fsp3) is 0.176. The van der Waals surface area contributed by atoms with Crippen LogP contribution in [0.5, 0.6) is 5.75 Å². The SMILES string of the molecule is COc1cccc(COCC(=O)Nc2cccc3cn[nH]c23)c1. The molecule has 1 heterocycles. The molecule has 0 saturated carbocycles. The summed E-state index contributed by atoms with van der Waals surface area (Å²) in [5.74, 6) is 0.552. The van der Waals surface area contributed by atoms with E-state index in [1.54, 1.807) is 13.3 Å². The molecule has 0 aliphatic carbocycles. The van der Waals surface area contributed by atoms with Gasteiger partial charge in [-0.25, -0.2) is 0 Å². The number of methoxy groups -OCH3 is 1. The highest BCUT2D eigenvalue weighted by molar-refractivity contribution is 6.00. The molecule has 3 rings (SSSR count). The molecule has 2 N–H and O–H groups in total. The number of H-pyrrole nitrogens is 1. The van der Waals surface area contributed by atoms with Crippen LogP contribution in [0.4, 0.5) is 5.69 Å². The third-order valence-corrected chi connectivity index (χ3v) is 3.39. The molecule has 6 heteroatoms. The van der Waals surface area contributed by atoms with Crippen LogP contribution >= 0.6 is 0 Å². The molecule has 0 aliphatic rings. The molecule has 0 bridgehead atoms. The van der Waals surface area contributed by atoms with Gasteiger partial charge in [0.25, 0.3) is 0 Å². The van der Waals surface area contributed by atoms with E-state index < -0.39 is 0 Å². The summed E-state index contributed by atoms with van der Waals surface area (Å²) in [6.45, 7) is 0.320. The Balaban J connectivity index is 1.54. The maximum atomic E-state index is 12.0. The number of aromatic amines is 1. The molecule has 2 aromatic carbocycles. The second kappa shape index (κ2) is 6.93. The molecule has 0 atom stereocenters. The largest absolute Gasteiger partial charge is 0.497 e. The summed E-state index contributed by atoms with van der Waals surface area (Å²) in [6, 6.07) is 13.2. The predicted octanol–water partition coefficient (Wildman–Crippen LogP) is 2.73. The molecule has 23 heavy (non-hydrogen) atoms. The lowest BCUT2D eigenvalue weighted by Crippen LogP contribution is -2.18. The molecule has 0 aliphatic heterocycles. The molecule has 3 aromatic rings. The van der Waals surface area contributed by atoms with E-state index in [2.05, 4.69) is 15.5 Å². The van der Waals surface area contributed by atoms with Gasteiger partial charge >= 0.3 is 0 Å². The van der Waals surface area contributed by atoms with Crippen molar-refractivity contribution in [2.75, 3.05) is 19.0 Å². The molecular formula is C17H17N3O3. The Labute approximate surface area is 133 Å².